The van der Waals surface area contributed by atoms with Crippen LogP contribution in [0.4, 0.5) is 11.5 Å². The number of nitrogens with one attached hydrogen (secondary N) is 1. The molecule has 0 spiro atoms. The highest BCUT2D eigenvalue weighted by atomic mass is 16.2. The molecular formula is C25H31N5O3. The summed E-state index contributed by atoms with van der Waals surface area (Å²) in [5, 5.41) is 0. The summed E-state index contributed by atoms with van der Waals surface area (Å²) in [7, 11) is 0. The van der Waals surface area contributed by atoms with E-state index in [9.17, 15) is 14.4 Å². The summed E-state index contributed by atoms with van der Waals surface area (Å²) < 4.78 is 1.28. The largest absolute Gasteiger partial charge is 0.383 e. The van der Waals surface area contributed by atoms with Gasteiger partial charge in [-0.1, -0.05) is 60.7 Å². The molecule has 0 aliphatic heterocycles. The first-order valence-electron chi connectivity index (χ1n) is 11.1. The average molecular weight is 450 g/mol. The zero-order valence-corrected chi connectivity index (χ0v) is 19.3. The number of aromatic amines is 1. The third kappa shape index (κ3) is 5.78. The molecule has 8 nitrogen and oxygen atoms in total. The van der Waals surface area contributed by atoms with Crippen molar-refractivity contribution in [2.75, 3.05) is 23.7 Å². The van der Waals surface area contributed by atoms with E-state index in [-0.39, 0.29) is 43.1 Å². The van der Waals surface area contributed by atoms with Gasteiger partial charge in [0, 0.05) is 19.1 Å². The van der Waals surface area contributed by atoms with Crippen molar-refractivity contribution >= 4 is 17.4 Å². The molecule has 0 atom stereocenters. The zero-order chi connectivity index (χ0) is 24.0. The number of carbonyl (C=O) groups excluding carboxylic acids is 1. The zero-order valence-electron chi connectivity index (χ0n) is 19.3. The van der Waals surface area contributed by atoms with Crippen LogP contribution in [0.25, 0.3) is 0 Å². The lowest BCUT2D eigenvalue weighted by Crippen LogP contribution is -2.46. The van der Waals surface area contributed by atoms with Gasteiger partial charge in [0.05, 0.1) is 13.1 Å². The molecule has 33 heavy (non-hydrogen) atoms. The minimum Gasteiger partial charge on any atom is -0.383 e. The van der Waals surface area contributed by atoms with Crippen molar-refractivity contribution in [2.24, 2.45) is 0 Å². The van der Waals surface area contributed by atoms with Gasteiger partial charge >= 0.3 is 5.69 Å². The standard InChI is InChI=1S/C25H31N5O3/c1-4-29(21(31)17-28(18(2)3)15-19-11-7-5-8-12-19)22-23(26)30(25(33)27-24(22)32)16-20-13-9-6-10-14-20/h5-14,18H,4,15-17,26H2,1-3H3,(H,27,32,33). The van der Waals surface area contributed by atoms with Crippen molar-refractivity contribution in [1.29, 1.82) is 0 Å². The summed E-state index contributed by atoms with van der Waals surface area (Å²) in [5.74, 6) is -0.286. The number of anilines is 2. The Morgan fingerprint density at radius 3 is 2.12 bits per heavy atom. The van der Waals surface area contributed by atoms with Crippen molar-refractivity contribution in [3.63, 3.8) is 0 Å². The van der Waals surface area contributed by atoms with E-state index in [2.05, 4.69) is 4.98 Å². The quantitative estimate of drug-likeness (QED) is 0.522. The van der Waals surface area contributed by atoms with Crippen LogP contribution in [0.15, 0.2) is 70.3 Å². The molecule has 174 valence electrons. The van der Waals surface area contributed by atoms with E-state index >= 15 is 0 Å². The second-order valence-corrected chi connectivity index (χ2v) is 8.19. The molecule has 0 fully saturated rings. The van der Waals surface area contributed by atoms with Crippen molar-refractivity contribution in [2.45, 2.75) is 39.9 Å². The molecule has 3 aromatic rings. The molecule has 0 aliphatic rings. The van der Waals surface area contributed by atoms with Gasteiger partial charge in [0.2, 0.25) is 5.91 Å². The highest BCUT2D eigenvalue weighted by Crippen LogP contribution is 2.19. The lowest BCUT2D eigenvalue weighted by Gasteiger charge is -2.30. The van der Waals surface area contributed by atoms with Gasteiger partial charge in [-0.25, -0.2) is 4.79 Å². The van der Waals surface area contributed by atoms with Crippen LogP contribution in [0, 0.1) is 0 Å². The van der Waals surface area contributed by atoms with Crippen LogP contribution in [0.5, 0.6) is 0 Å². The monoisotopic (exact) mass is 449 g/mol. The van der Waals surface area contributed by atoms with Crippen molar-refractivity contribution in [3.05, 3.63) is 92.6 Å². The van der Waals surface area contributed by atoms with Crippen LogP contribution in [0.2, 0.25) is 0 Å². The first kappa shape index (κ1) is 24.0. The summed E-state index contributed by atoms with van der Waals surface area (Å²) >= 11 is 0. The number of carbonyl (C=O) groups is 1. The van der Waals surface area contributed by atoms with E-state index < -0.39 is 11.2 Å². The maximum Gasteiger partial charge on any atom is 0.330 e. The SMILES string of the molecule is CCN(C(=O)CN(Cc1ccccc1)C(C)C)c1c(N)n(Cc2ccccc2)c(=O)[nH]c1=O. The molecule has 8 heteroatoms. The van der Waals surface area contributed by atoms with Crippen molar-refractivity contribution in [1.82, 2.24) is 14.5 Å². The number of aromatic nitrogens is 2. The van der Waals surface area contributed by atoms with Crippen LogP contribution in [0.1, 0.15) is 31.9 Å². The Hall–Kier alpha value is -3.65. The number of hydrogen-bond acceptors (Lipinski definition) is 5. The van der Waals surface area contributed by atoms with Crippen LogP contribution < -0.4 is 21.9 Å². The van der Waals surface area contributed by atoms with Crippen LogP contribution in [-0.4, -0.2) is 39.5 Å². The van der Waals surface area contributed by atoms with Crippen LogP contribution in [-0.2, 0) is 17.9 Å². The number of nitrogens with zero attached hydrogens (tertiary/aromatic N) is 3. The van der Waals surface area contributed by atoms with E-state index in [0.29, 0.717) is 6.54 Å². The second kappa shape index (κ2) is 10.8. The van der Waals surface area contributed by atoms with Gasteiger partial charge in [-0.2, -0.15) is 0 Å². The number of H-pyrrole nitrogens is 1. The number of amides is 1. The molecule has 0 saturated heterocycles. The van der Waals surface area contributed by atoms with E-state index in [0.717, 1.165) is 11.1 Å². The minimum atomic E-state index is -0.670. The van der Waals surface area contributed by atoms with Gasteiger partial charge in [-0.15, -0.1) is 0 Å². The smallest absolute Gasteiger partial charge is 0.330 e. The molecule has 2 aromatic carbocycles. The molecular weight excluding hydrogens is 418 g/mol. The van der Waals surface area contributed by atoms with Gasteiger partial charge in [-0.05, 0) is 31.9 Å². The Kier molecular flexibility index (Phi) is 7.84. The summed E-state index contributed by atoms with van der Waals surface area (Å²) in [6.07, 6.45) is 0. The van der Waals surface area contributed by atoms with Crippen molar-refractivity contribution < 1.29 is 4.79 Å². The number of hydrogen-bond donors (Lipinski definition) is 2. The van der Waals surface area contributed by atoms with Crippen LogP contribution in [0.3, 0.4) is 0 Å². The number of nitrogen functional groups attached to an aromatic ring is 1. The molecule has 0 unspecified atom stereocenters. The first-order valence-corrected chi connectivity index (χ1v) is 11.1. The summed E-state index contributed by atoms with van der Waals surface area (Å²) in [6, 6.07) is 19.3. The summed E-state index contributed by atoms with van der Waals surface area (Å²) in [6.45, 7) is 6.96. The van der Waals surface area contributed by atoms with Gasteiger partial charge in [0.25, 0.3) is 5.56 Å². The highest BCUT2D eigenvalue weighted by Gasteiger charge is 2.25. The average Bonchev–Trinajstić information content (AvgIpc) is 2.80. The second-order valence-electron chi connectivity index (χ2n) is 8.19. The Bertz CT molecular complexity index is 1190. The van der Waals surface area contributed by atoms with Crippen molar-refractivity contribution in [3.8, 4) is 0 Å². The number of benzene rings is 2. The molecule has 0 bridgehead atoms. The fourth-order valence-electron chi connectivity index (χ4n) is 3.72. The third-order valence-electron chi connectivity index (χ3n) is 5.58. The molecule has 1 amide bonds. The summed E-state index contributed by atoms with van der Waals surface area (Å²) in [4.78, 5) is 44.2. The molecule has 1 heterocycles. The predicted molar refractivity (Wildman–Crippen MR) is 131 cm³/mol. The lowest BCUT2D eigenvalue weighted by molar-refractivity contribution is -0.120. The third-order valence-corrected chi connectivity index (χ3v) is 5.58. The molecule has 3 rings (SSSR count). The Morgan fingerprint density at radius 1 is 1.00 bits per heavy atom. The topological polar surface area (TPSA) is 104 Å². The molecule has 0 saturated carbocycles. The Balaban J connectivity index is 1.91. The Morgan fingerprint density at radius 2 is 1.58 bits per heavy atom. The molecule has 1 aromatic heterocycles. The molecule has 0 radical (unpaired) electrons. The lowest BCUT2D eigenvalue weighted by atomic mass is 10.2. The molecule has 0 aliphatic carbocycles. The van der Waals surface area contributed by atoms with E-state index in [4.69, 9.17) is 5.73 Å². The number of likely N-dealkylation sites (N-methyl/N-ethyl adjacent to an activating group) is 1. The normalized spacial score (nSPS) is 11.2. The summed E-state index contributed by atoms with van der Waals surface area (Å²) in [5.41, 5.74) is 6.97. The first-order chi connectivity index (χ1) is 15.8. The fraction of sp³-hybridized carbons (Fsp3) is 0.320. The van der Waals surface area contributed by atoms with Gasteiger partial charge in [0.15, 0.2) is 5.69 Å². The van der Waals surface area contributed by atoms with Gasteiger partial charge in [0.1, 0.15) is 5.82 Å². The Labute approximate surface area is 193 Å². The molecule has 3 N–H and O–H groups in total. The maximum absolute atomic E-state index is 13.3. The van der Waals surface area contributed by atoms with Gasteiger partial charge in [-0.3, -0.25) is 24.0 Å². The minimum absolute atomic E-state index is 0.00134. The number of rotatable bonds is 9. The van der Waals surface area contributed by atoms with Gasteiger partial charge < -0.3 is 10.6 Å². The van der Waals surface area contributed by atoms with Crippen LogP contribution >= 0.6 is 0 Å². The fourth-order valence-corrected chi connectivity index (χ4v) is 3.72. The van der Waals surface area contributed by atoms with E-state index in [1.165, 1.54) is 9.47 Å². The highest BCUT2D eigenvalue weighted by molar-refractivity contribution is 5.96. The maximum atomic E-state index is 13.3. The van der Waals surface area contributed by atoms with E-state index in [1.54, 1.807) is 6.92 Å². The number of nitrogens with two attached hydrogens (primary N) is 1. The van der Waals surface area contributed by atoms with E-state index in [1.807, 2.05) is 79.4 Å². The predicted octanol–water partition coefficient (Wildman–Crippen LogP) is 2.43.